The first-order chi connectivity index (χ1) is 12.5. The molecule has 1 heterocycles. The zero-order chi connectivity index (χ0) is 18.7. The van der Waals surface area contributed by atoms with Gasteiger partial charge in [0.1, 0.15) is 11.9 Å². The molecule has 5 heteroatoms. The minimum atomic E-state index is -0.686. The zero-order valence-corrected chi connectivity index (χ0v) is 15.0. The molecule has 2 amide bonds. The zero-order valence-electron chi connectivity index (χ0n) is 15.0. The molecule has 4 nitrogen and oxygen atoms in total. The third-order valence-electron chi connectivity index (χ3n) is 4.57. The van der Waals surface area contributed by atoms with Crippen molar-refractivity contribution in [2.24, 2.45) is 5.92 Å². The molecule has 0 unspecified atom stereocenters. The van der Waals surface area contributed by atoms with E-state index in [9.17, 15) is 14.0 Å². The summed E-state index contributed by atoms with van der Waals surface area (Å²) in [4.78, 5) is 27.2. The predicted octanol–water partition coefficient (Wildman–Crippen LogP) is 3.69. The number of carbonyl (C=O) groups excluding carboxylic acids is 2. The van der Waals surface area contributed by atoms with E-state index in [0.29, 0.717) is 29.2 Å². The van der Waals surface area contributed by atoms with Crippen molar-refractivity contribution in [1.29, 1.82) is 0 Å². The van der Waals surface area contributed by atoms with Crippen LogP contribution in [0.1, 0.15) is 47.8 Å². The summed E-state index contributed by atoms with van der Waals surface area (Å²) in [6.45, 7) is 4.94. The molecule has 0 saturated heterocycles. The molecular weight excluding hydrogens is 331 g/mol. The van der Waals surface area contributed by atoms with Crippen LogP contribution in [0.3, 0.4) is 0 Å². The Morgan fingerprint density at radius 1 is 1.19 bits per heavy atom. The average molecular weight is 354 g/mol. The summed E-state index contributed by atoms with van der Waals surface area (Å²) in [6, 6.07) is 12.6. The van der Waals surface area contributed by atoms with Crippen LogP contribution in [0.25, 0.3) is 0 Å². The van der Waals surface area contributed by atoms with Gasteiger partial charge in [0.25, 0.3) is 5.91 Å². The Morgan fingerprint density at radius 3 is 2.69 bits per heavy atom. The molecule has 0 radical (unpaired) electrons. The van der Waals surface area contributed by atoms with E-state index in [1.807, 2.05) is 12.1 Å². The Balaban J connectivity index is 1.86. The van der Waals surface area contributed by atoms with E-state index >= 15 is 0 Å². The van der Waals surface area contributed by atoms with E-state index < -0.39 is 6.04 Å². The van der Waals surface area contributed by atoms with Crippen molar-refractivity contribution < 1.29 is 14.0 Å². The number of nitrogens with one attached hydrogen (secondary N) is 1. The fraction of sp³-hybridized carbons (Fsp3) is 0.333. The number of hydrogen-bond donors (Lipinski definition) is 1. The van der Waals surface area contributed by atoms with Gasteiger partial charge in [0.05, 0.1) is 0 Å². The van der Waals surface area contributed by atoms with Gasteiger partial charge in [0, 0.05) is 18.7 Å². The average Bonchev–Trinajstić information content (AvgIpc) is 2.87. The largest absolute Gasteiger partial charge is 0.354 e. The van der Waals surface area contributed by atoms with Crippen LogP contribution in [0.5, 0.6) is 0 Å². The molecule has 1 atom stereocenters. The first kappa shape index (κ1) is 18.1. The van der Waals surface area contributed by atoms with Gasteiger partial charge in [0.15, 0.2) is 0 Å². The molecule has 0 aromatic heterocycles. The number of nitrogens with zero attached hydrogens (tertiary/aromatic N) is 1. The lowest BCUT2D eigenvalue weighted by Crippen LogP contribution is -2.39. The van der Waals surface area contributed by atoms with Crippen LogP contribution in [0, 0.1) is 11.7 Å². The molecule has 1 aliphatic rings. The summed E-state index contributed by atoms with van der Waals surface area (Å²) in [5, 5.41) is 2.94. The monoisotopic (exact) mass is 354 g/mol. The van der Waals surface area contributed by atoms with Gasteiger partial charge >= 0.3 is 0 Å². The van der Waals surface area contributed by atoms with E-state index in [-0.39, 0.29) is 24.2 Å². The number of fused-ring (bicyclic) bond motifs is 1. The fourth-order valence-corrected chi connectivity index (χ4v) is 3.23. The smallest absolute Gasteiger partial charge is 0.255 e. The van der Waals surface area contributed by atoms with Crippen molar-refractivity contribution in [2.75, 3.05) is 6.54 Å². The van der Waals surface area contributed by atoms with Gasteiger partial charge in [-0.1, -0.05) is 44.2 Å². The van der Waals surface area contributed by atoms with Crippen molar-refractivity contribution in [3.63, 3.8) is 0 Å². The van der Waals surface area contributed by atoms with Crippen LogP contribution in [0.15, 0.2) is 48.5 Å². The van der Waals surface area contributed by atoms with Crippen molar-refractivity contribution in [3.8, 4) is 0 Å². The second-order valence-corrected chi connectivity index (χ2v) is 7.03. The number of carbonyl (C=O) groups is 2. The van der Waals surface area contributed by atoms with E-state index in [2.05, 4.69) is 19.2 Å². The summed E-state index contributed by atoms with van der Waals surface area (Å²) in [6.07, 6.45) is 0.873. The predicted molar refractivity (Wildman–Crippen MR) is 97.9 cm³/mol. The minimum Gasteiger partial charge on any atom is -0.354 e. The van der Waals surface area contributed by atoms with Gasteiger partial charge in [0.2, 0.25) is 5.91 Å². The number of rotatable bonds is 6. The molecule has 2 aromatic rings. The summed E-state index contributed by atoms with van der Waals surface area (Å²) >= 11 is 0. The van der Waals surface area contributed by atoms with Crippen molar-refractivity contribution in [1.82, 2.24) is 10.2 Å². The quantitative estimate of drug-likeness (QED) is 0.860. The fourth-order valence-electron chi connectivity index (χ4n) is 3.23. The van der Waals surface area contributed by atoms with Gasteiger partial charge in [-0.3, -0.25) is 9.59 Å². The molecule has 2 aromatic carbocycles. The highest BCUT2D eigenvalue weighted by molar-refractivity contribution is 6.04. The molecule has 0 aliphatic carbocycles. The van der Waals surface area contributed by atoms with Crippen molar-refractivity contribution in [2.45, 2.75) is 32.9 Å². The highest BCUT2D eigenvalue weighted by Crippen LogP contribution is 2.35. The molecular formula is C21H23FN2O2. The summed E-state index contributed by atoms with van der Waals surface area (Å²) < 4.78 is 13.5. The summed E-state index contributed by atoms with van der Waals surface area (Å²) in [5.41, 5.74) is 1.90. The van der Waals surface area contributed by atoms with Crippen molar-refractivity contribution in [3.05, 3.63) is 71.0 Å². The summed E-state index contributed by atoms with van der Waals surface area (Å²) in [5.74, 6) is -0.269. The minimum absolute atomic E-state index is 0.188. The second-order valence-electron chi connectivity index (χ2n) is 7.03. The highest BCUT2D eigenvalue weighted by atomic mass is 19.1. The number of hydrogen-bond acceptors (Lipinski definition) is 2. The molecule has 0 bridgehead atoms. The van der Waals surface area contributed by atoms with Gasteiger partial charge in [-0.25, -0.2) is 4.39 Å². The van der Waals surface area contributed by atoms with Gasteiger partial charge in [-0.15, -0.1) is 0 Å². The first-order valence-corrected chi connectivity index (χ1v) is 8.89. The number of amides is 2. The molecule has 0 spiro atoms. The van der Waals surface area contributed by atoms with E-state index in [1.165, 1.54) is 17.0 Å². The normalized spacial score (nSPS) is 16.1. The van der Waals surface area contributed by atoms with Crippen molar-refractivity contribution >= 4 is 11.8 Å². The Labute approximate surface area is 153 Å². The Morgan fingerprint density at radius 2 is 1.96 bits per heavy atom. The maximum atomic E-state index is 13.5. The molecule has 1 aliphatic heterocycles. The first-order valence-electron chi connectivity index (χ1n) is 8.89. The molecule has 1 N–H and O–H groups in total. The van der Waals surface area contributed by atoms with Crippen LogP contribution in [0.2, 0.25) is 0 Å². The Kier molecular flexibility index (Phi) is 5.35. The number of halogens is 1. The maximum Gasteiger partial charge on any atom is 0.255 e. The van der Waals surface area contributed by atoms with Gasteiger partial charge < -0.3 is 10.2 Å². The number of benzene rings is 2. The highest BCUT2D eigenvalue weighted by Gasteiger charge is 2.40. The third-order valence-corrected chi connectivity index (χ3v) is 4.57. The van der Waals surface area contributed by atoms with Crippen LogP contribution >= 0.6 is 0 Å². The molecule has 26 heavy (non-hydrogen) atoms. The van der Waals surface area contributed by atoms with Crippen LogP contribution in [-0.4, -0.2) is 23.3 Å². The van der Waals surface area contributed by atoms with Gasteiger partial charge in [-0.2, -0.15) is 0 Å². The summed E-state index contributed by atoms with van der Waals surface area (Å²) in [7, 11) is 0. The van der Waals surface area contributed by atoms with E-state index in [1.54, 1.807) is 24.3 Å². The Bertz CT molecular complexity index is 819. The molecule has 3 rings (SSSR count). The lowest BCUT2D eigenvalue weighted by molar-refractivity contribution is -0.125. The topological polar surface area (TPSA) is 49.4 Å². The lowest BCUT2D eigenvalue weighted by Gasteiger charge is -2.25. The third kappa shape index (κ3) is 3.77. The Hall–Kier alpha value is -2.69. The second kappa shape index (κ2) is 7.68. The standard InChI is InChI=1S/C21H23FN2O2/c1-14(2)10-11-23-20(25)19-17-8-3-4-9-18(17)21(26)24(19)13-15-6-5-7-16(22)12-15/h3-9,12,14,19H,10-11,13H2,1-2H3,(H,23,25)/t19-/m1/s1. The van der Waals surface area contributed by atoms with Crippen LogP contribution < -0.4 is 5.32 Å². The van der Waals surface area contributed by atoms with E-state index in [4.69, 9.17) is 0 Å². The van der Waals surface area contributed by atoms with Crippen LogP contribution in [0.4, 0.5) is 4.39 Å². The SMILES string of the molecule is CC(C)CCNC(=O)[C@H]1c2ccccc2C(=O)N1Cc1cccc(F)c1. The lowest BCUT2D eigenvalue weighted by atomic mass is 10.0. The molecule has 0 saturated carbocycles. The molecule has 0 fully saturated rings. The maximum absolute atomic E-state index is 13.5. The van der Waals surface area contributed by atoms with Gasteiger partial charge in [-0.05, 0) is 41.7 Å². The molecule has 136 valence electrons. The van der Waals surface area contributed by atoms with Crippen LogP contribution in [-0.2, 0) is 11.3 Å². The van der Waals surface area contributed by atoms with E-state index in [0.717, 1.165) is 6.42 Å².